The fraction of sp³-hybridized carbons (Fsp3) is 0.917. The molecule has 1 aliphatic carbocycles. The normalized spacial score (nSPS) is 25.6. The second-order valence-corrected chi connectivity index (χ2v) is 4.81. The second-order valence-electron chi connectivity index (χ2n) is 4.81. The van der Waals surface area contributed by atoms with Crippen molar-refractivity contribution in [2.45, 2.75) is 50.1 Å². The molecule has 0 aromatic carbocycles. The quantitative estimate of drug-likeness (QED) is 0.737. The fourth-order valence-corrected chi connectivity index (χ4v) is 2.78. The Morgan fingerprint density at radius 1 is 1.31 bits per heavy atom. The molecule has 0 amide bonds. The van der Waals surface area contributed by atoms with E-state index in [1.165, 1.54) is 32.8 Å². The molecule has 0 spiro atoms. The van der Waals surface area contributed by atoms with E-state index in [-0.39, 0.29) is 5.97 Å². The van der Waals surface area contributed by atoms with Crippen molar-refractivity contribution in [3.05, 3.63) is 0 Å². The molecule has 1 N–H and O–H groups in total. The lowest BCUT2D eigenvalue weighted by Gasteiger charge is -2.37. The van der Waals surface area contributed by atoms with Gasteiger partial charge in [-0.2, -0.15) is 0 Å². The molecule has 0 bridgehead atoms. The van der Waals surface area contributed by atoms with Crippen molar-refractivity contribution >= 4 is 5.97 Å². The molecule has 4 heteroatoms. The molecule has 2 aliphatic rings. The summed E-state index contributed by atoms with van der Waals surface area (Å²) in [6.07, 6.45) is 6.36. The summed E-state index contributed by atoms with van der Waals surface area (Å²) in [5.41, 5.74) is -0.484. The summed E-state index contributed by atoms with van der Waals surface area (Å²) in [6.45, 7) is 1.30. The lowest BCUT2D eigenvalue weighted by atomic mass is 9.89. The molecule has 92 valence electrons. The van der Waals surface area contributed by atoms with Gasteiger partial charge < -0.3 is 9.47 Å². The molecule has 1 saturated carbocycles. The molecule has 0 aromatic rings. The third-order valence-electron chi connectivity index (χ3n) is 3.76. The number of hydrogen-bond acceptors (Lipinski definition) is 4. The van der Waals surface area contributed by atoms with Gasteiger partial charge in [-0.15, -0.1) is 0 Å². The molecule has 1 saturated heterocycles. The minimum atomic E-state index is -0.484. The lowest BCUT2D eigenvalue weighted by Crippen LogP contribution is -2.58. The molecular formula is C12H21NO3. The maximum absolute atomic E-state index is 11.9. The summed E-state index contributed by atoms with van der Waals surface area (Å²) in [5, 5.41) is 3.53. The predicted molar refractivity (Wildman–Crippen MR) is 60.2 cm³/mol. The van der Waals surface area contributed by atoms with Crippen LogP contribution in [-0.4, -0.2) is 37.9 Å². The first-order chi connectivity index (χ1) is 7.77. The first kappa shape index (κ1) is 11.9. The summed E-state index contributed by atoms with van der Waals surface area (Å²) in [7, 11) is 1.47. The van der Waals surface area contributed by atoms with Crippen LogP contribution in [0.1, 0.15) is 38.5 Å². The van der Waals surface area contributed by atoms with Gasteiger partial charge in [-0.1, -0.05) is 12.8 Å². The van der Waals surface area contributed by atoms with E-state index in [9.17, 15) is 4.79 Å². The van der Waals surface area contributed by atoms with E-state index in [0.717, 1.165) is 12.8 Å². The van der Waals surface area contributed by atoms with E-state index in [2.05, 4.69) is 5.32 Å². The SMILES string of the molecule is COC(=O)C1(NC2CCCC2)CCOCC1. The number of rotatable bonds is 3. The van der Waals surface area contributed by atoms with Gasteiger partial charge in [0.2, 0.25) is 0 Å². The van der Waals surface area contributed by atoms with Gasteiger partial charge in [0.05, 0.1) is 7.11 Å². The van der Waals surface area contributed by atoms with Crippen LogP contribution in [0.25, 0.3) is 0 Å². The number of methoxy groups -OCH3 is 1. The predicted octanol–water partition coefficient (Wildman–Crippen LogP) is 1.24. The van der Waals surface area contributed by atoms with E-state index >= 15 is 0 Å². The average Bonchev–Trinajstić information content (AvgIpc) is 2.82. The monoisotopic (exact) mass is 227 g/mol. The minimum absolute atomic E-state index is 0.122. The van der Waals surface area contributed by atoms with Crippen LogP contribution in [0, 0.1) is 0 Å². The van der Waals surface area contributed by atoms with E-state index in [1.54, 1.807) is 0 Å². The zero-order valence-electron chi connectivity index (χ0n) is 9.96. The van der Waals surface area contributed by atoms with Gasteiger partial charge in [-0.3, -0.25) is 10.1 Å². The Balaban J connectivity index is 2.03. The summed E-state index contributed by atoms with van der Waals surface area (Å²) >= 11 is 0. The molecule has 1 aliphatic heterocycles. The molecule has 2 rings (SSSR count). The molecule has 4 nitrogen and oxygen atoms in total. The third-order valence-corrected chi connectivity index (χ3v) is 3.76. The first-order valence-electron chi connectivity index (χ1n) is 6.21. The van der Waals surface area contributed by atoms with Gasteiger partial charge in [0.25, 0.3) is 0 Å². The lowest BCUT2D eigenvalue weighted by molar-refractivity contribution is -0.153. The van der Waals surface area contributed by atoms with Crippen LogP contribution in [0.3, 0.4) is 0 Å². The van der Waals surface area contributed by atoms with E-state index < -0.39 is 5.54 Å². The highest BCUT2D eigenvalue weighted by Gasteiger charge is 2.42. The van der Waals surface area contributed by atoms with Gasteiger partial charge in [0.15, 0.2) is 0 Å². The molecule has 0 unspecified atom stereocenters. The van der Waals surface area contributed by atoms with Crippen LogP contribution in [0.4, 0.5) is 0 Å². The van der Waals surface area contributed by atoms with Crippen molar-refractivity contribution < 1.29 is 14.3 Å². The zero-order valence-corrected chi connectivity index (χ0v) is 9.96. The second kappa shape index (κ2) is 5.15. The Kier molecular flexibility index (Phi) is 3.82. The number of esters is 1. The summed E-state index contributed by atoms with van der Waals surface area (Å²) in [4.78, 5) is 11.9. The van der Waals surface area contributed by atoms with Crippen molar-refractivity contribution in [2.24, 2.45) is 0 Å². The van der Waals surface area contributed by atoms with Crippen LogP contribution in [-0.2, 0) is 14.3 Å². The van der Waals surface area contributed by atoms with Gasteiger partial charge in [0, 0.05) is 19.3 Å². The topological polar surface area (TPSA) is 47.6 Å². The highest BCUT2D eigenvalue weighted by Crippen LogP contribution is 2.27. The van der Waals surface area contributed by atoms with Crippen LogP contribution in [0.2, 0.25) is 0 Å². The maximum atomic E-state index is 11.9. The van der Waals surface area contributed by atoms with Crippen LogP contribution in [0.15, 0.2) is 0 Å². The Morgan fingerprint density at radius 3 is 2.50 bits per heavy atom. The Morgan fingerprint density at radius 2 is 1.94 bits per heavy atom. The van der Waals surface area contributed by atoms with Crippen molar-refractivity contribution in [2.75, 3.05) is 20.3 Å². The van der Waals surface area contributed by atoms with Crippen LogP contribution in [0.5, 0.6) is 0 Å². The molecule has 16 heavy (non-hydrogen) atoms. The third kappa shape index (κ3) is 2.38. The average molecular weight is 227 g/mol. The van der Waals surface area contributed by atoms with Gasteiger partial charge in [-0.05, 0) is 25.7 Å². The molecular weight excluding hydrogens is 206 g/mol. The van der Waals surface area contributed by atoms with Gasteiger partial charge in [0.1, 0.15) is 5.54 Å². The smallest absolute Gasteiger partial charge is 0.326 e. The fourth-order valence-electron chi connectivity index (χ4n) is 2.78. The summed E-state index contributed by atoms with van der Waals surface area (Å²) < 4.78 is 10.3. The van der Waals surface area contributed by atoms with Gasteiger partial charge >= 0.3 is 5.97 Å². The van der Waals surface area contributed by atoms with Gasteiger partial charge in [-0.25, -0.2) is 0 Å². The first-order valence-corrected chi connectivity index (χ1v) is 6.21. The Hall–Kier alpha value is -0.610. The standard InChI is InChI=1S/C12H21NO3/c1-15-11(14)12(6-8-16-9-7-12)13-10-4-2-3-5-10/h10,13H,2-9H2,1H3. The molecule has 0 aromatic heterocycles. The van der Waals surface area contributed by atoms with Crippen molar-refractivity contribution in [3.63, 3.8) is 0 Å². The Labute approximate surface area is 96.7 Å². The number of carbonyl (C=O) groups excluding carboxylic acids is 1. The number of nitrogens with one attached hydrogen (secondary N) is 1. The highest BCUT2D eigenvalue weighted by atomic mass is 16.5. The summed E-state index contributed by atoms with van der Waals surface area (Å²) in [5.74, 6) is -0.122. The number of hydrogen-bond donors (Lipinski definition) is 1. The molecule has 2 fully saturated rings. The molecule has 0 radical (unpaired) electrons. The van der Waals surface area contributed by atoms with E-state index in [1.807, 2.05) is 0 Å². The van der Waals surface area contributed by atoms with E-state index in [0.29, 0.717) is 19.3 Å². The molecule has 0 atom stereocenters. The minimum Gasteiger partial charge on any atom is -0.468 e. The van der Waals surface area contributed by atoms with Crippen molar-refractivity contribution in [1.29, 1.82) is 0 Å². The Bertz CT molecular complexity index is 243. The summed E-state index contributed by atoms with van der Waals surface area (Å²) in [6, 6.07) is 0.484. The van der Waals surface area contributed by atoms with Crippen LogP contribution < -0.4 is 5.32 Å². The molecule has 1 heterocycles. The highest BCUT2D eigenvalue weighted by molar-refractivity contribution is 5.81. The maximum Gasteiger partial charge on any atom is 0.326 e. The van der Waals surface area contributed by atoms with Crippen molar-refractivity contribution in [1.82, 2.24) is 5.32 Å². The van der Waals surface area contributed by atoms with Crippen molar-refractivity contribution in [3.8, 4) is 0 Å². The largest absolute Gasteiger partial charge is 0.468 e. The zero-order chi connectivity index (χ0) is 11.4. The number of carbonyl (C=O) groups is 1. The number of ether oxygens (including phenoxy) is 2. The van der Waals surface area contributed by atoms with E-state index in [4.69, 9.17) is 9.47 Å². The van der Waals surface area contributed by atoms with Crippen LogP contribution >= 0.6 is 0 Å².